The van der Waals surface area contributed by atoms with Crippen LogP contribution in [0.2, 0.25) is 0 Å². The molecular weight excluding hydrogens is 206 g/mol. The van der Waals surface area contributed by atoms with Gasteiger partial charge in [0.2, 0.25) is 0 Å². The highest BCUT2D eigenvalue weighted by atomic mass is 16.5. The second-order valence-electron chi connectivity index (χ2n) is 5.24. The summed E-state index contributed by atoms with van der Waals surface area (Å²) in [6.07, 6.45) is 0.638. The van der Waals surface area contributed by atoms with Crippen LogP contribution in [0.25, 0.3) is 0 Å². The number of carbonyl (C=O) groups is 2. The second-order valence-corrected chi connectivity index (χ2v) is 5.24. The lowest BCUT2D eigenvalue weighted by Crippen LogP contribution is -2.41. The fourth-order valence-electron chi connectivity index (χ4n) is 1.04. The Morgan fingerprint density at radius 3 is 2.25 bits per heavy atom. The number of ketones is 1. The number of alkyl carbamates (subject to hydrolysis) is 1. The van der Waals surface area contributed by atoms with Gasteiger partial charge in [-0.3, -0.25) is 4.79 Å². The standard InChI is InChI=1S/C12H23NO3/c1-9(2)10(14)7-6-8-16-11(15)13-12(3,4)5/h9H,6-8H2,1-5H3,(H,13,15). The molecule has 1 N–H and O–H groups in total. The normalized spacial score (nSPS) is 11.4. The Hall–Kier alpha value is -1.06. The molecule has 0 aromatic carbocycles. The molecule has 4 nitrogen and oxygen atoms in total. The fourth-order valence-corrected chi connectivity index (χ4v) is 1.04. The quantitative estimate of drug-likeness (QED) is 0.737. The van der Waals surface area contributed by atoms with Crippen LogP contribution < -0.4 is 5.32 Å². The number of Topliss-reactive ketones (excluding diaryl/α,β-unsaturated/α-hetero) is 1. The molecule has 0 atom stereocenters. The highest BCUT2D eigenvalue weighted by molar-refractivity contribution is 5.80. The van der Waals surface area contributed by atoms with Gasteiger partial charge in [0.05, 0.1) is 6.61 Å². The van der Waals surface area contributed by atoms with Crippen molar-refractivity contribution in [1.82, 2.24) is 5.32 Å². The Balaban J connectivity index is 3.60. The largest absolute Gasteiger partial charge is 0.450 e. The smallest absolute Gasteiger partial charge is 0.407 e. The maximum Gasteiger partial charge on any atom is 0.407 e. The van der Waals surface area contributed by atoms with Gasteiger partial charge < -0.3 is 10.1 Å². The van der Waals surface area contributed by atoms with E-state index in [4.69, 9.17) is 4.74 Å². The molecule has 0 aliphatic carbocycles. The van der Waals surface area contributed by atoms with Crippen LogP contribution in [0.4, 0.5) is 4.79 Å². The summed E-state index contributed by atoms with van der Waals surface area (Å²) in [6.45, 7) is 9.69. The Morgan fingerprint density at radius 1 is 1.25 bits per heavy atom. The first kappa shape index (κ1) is 14.9. The first-order chi connectivity index (χ1) is 7.22. The highest BCUT2D eigenvalue weighted by Crippen LogP contribution is 2.03. The van der Waals surface area contributed by atoms with Gasteiger partial charge in [-0.15, -0.1) is 0 Å². The topological polar surface area (TPSA) is 55.4 Å². The second kappa shape index (κ2) is 6.51. The lowest BCUT2D eigenvalue weighted by atomic mass is 10.1. The van der Waals surface area contributed by atoms with Crippen molar-refractivity contribution in [3.05, 3.63) is 0 Å². The van der Waals surface area contributed by atoms with E-state index in [0.717, 1.165) is 0 Å². The van der Waals surface area contributed by atoms with Crippen LogP contribution in [0.5, 0.6) is 0 Å². The SMILES string of the molecule is CC(C)C(=O)CCCOC(=O)NC(C)(C)C. The number of hydrogen-bond acceptors (Lipinski definition) is 3. The molecule has 0 aromatic rings. The third-order valence-corrected chi connectivity index (χ3v) is 1.92. The summed E-state index contributed by atoms with van der Waals surface area (Å²) in [4.78, 5) is 22.5. The van der Waals surface area contributed by atoms with Gasteiger partial charge >= 0.3 is 6.09 Å². The van der Waals surface area contributed by atoms with Crippen LogP contribution in [-0.2, 0) is 9.53 Å². The van der Waals surface area contributed by atoms with Crippen molar-refractivity contribution in [1.29, 1.82) is 0 Å². The monoisotopic (exact) mass is 229 g/mol. The van der Waals surface area contributed by atoms with E-state index in [1.165, 1.54) is 0 Å². The lowest BCUT2D eigenvalue weighted by molar-refractivity contribution is -0.122. The van der Waals surface area contributed by atoms with Crippen molar-refractivity contribution in [3.8, 4) is 0 Å². The van der Waals surface area contributed by atoms with Crippen molar-refractivity contribution in [3.63, 3.8) is 0 Å². The van der Waals surface area contributed by atoms with Crippen molar-refractivity contribution < 1.29 is 14.3 Å². The lowest BCUT2D eigenvalue weighted by Gasteiger charge is -2.19. The minimum absolute atomic E-state index is 0.0587. The van der Waals surface area contributed by atoms with E-state index in [2.05, 4.69) is 5.32 Å². The van der Waals surface area contributed by atoms with Crippen molar-refractivity contribution >= 4 is 11.9 Å². The van der Waals surface area contributed by atoms with Crippen LogP contribution in [0.15, 0.2) is 0 Å². The molecule has 0 bridgehead atoms. The van der Waals surface area contributed by atoms with Crippen LogP contribution in [0.3, 0.4) is 0 Å². The molecule has 0 saturated heterocycles. The summed E-state index contributed by atoms with van der Waals surface area (Å²) < 4.78 is 4.95. The summed E-state index contributed by atoms with van der Waals surface area (Å²) in [5.41, 5.74) is -0.287. The number of hydrogen-bond donors (Lipinski definition) is 1. The van der Waals surface area contributed by atoms with Gasteiger partial charge in [0.25, 0.3) is 0 Å². The van der Waals surface area contributed by atoms with Gasteiger partial charge in [-0.1, -0.05) is 13.8 Å². The molecule has 0 heterocycles. The molecule has 0 saturated carbocycles. The average molecular weight is 229 g/mol. The minimum atomic E-state index is -0.426. The molecule has 1 amide bonds. The molecular formula is C12H23NO3. The van der Waals surface area contributed by atoms with Gasteiger partial charge in [-0.05, 0) is 27.2 Å². The van der Waals surface area contributed by atoms with Crippen LogP contribution in [-0.4, -0.2) is 24.0 Å². The number of amides is 1. The molecule has 0 fully saturated rings. The Morgan fingerprint density at radius 2 is 1.81 bits per heavy atom. The third-order valence-electron chi connectivity index (χ3n) is 1.92. The van der Waals surface area contributed by atoms with Crippen molar-refractivity contribution in [2.75, 3.05) is 6.61 Å². The molecule has 0 aliphatic rings. The molecule has 94 valence electrons. The molecule has 0 radical (unpaired) electrons. The van der Waals surface area contributed by atoms with Crippen molar-refractivity contribution in [2.45, 2.75) is 53.0 Å². The van der Waals surface area contributed by atoms with Crippen molar-refractivity contribution in [2.24, 2.45) is 5.92 Å². The molecule has 0 rings (SSSR count). The summed E-state index contributed by atoms with van der Waals surface area (Å²) in [5, 5.41) is 2.68. The highest BCUT2D eigenvalue weighted by Gasteiger charge is 2.14. The fraction of sp³-hybridized carbons (Fsp3) is 0.833. The zero-order valence-corrected chi connectivity index (χ0v) is 10.9. The molecule has 0 unspecified atom stereocenters. The molecule has 0 aromatic heterocycles. The predicted octanol–water partition coefficient (Wildman–Crippen LogP) is 2.52. The van der Waals surface area contributed by atoms with E-state index in [-0.39, 0.29) is 17.2 Å². The number of ether oxygens (including phenoxy) is 1. The number of nitrogens with one attached hydrogen (secondary N) is 1. The van der Waals surface area contributed by atoms with Gasteiger partial charge in [-0.2, -0.15) is 0 Å². The zero-order valence-electron chi connectivity index (χ0n) is 10.9. The Kier molecular flexibility index (Phi) is 6.08. The van der Waals surface area contributed by atoms with E-state index < -0.39 is 6.09 Å². The van der Waals surface area contributed by atoms with Crippen LogP contribution in [0.1, 0.15) is 47.5 Å². The third kappa shape index (κ3) is 8.26. The van der Waals surface area contributed by atoms with Crippen LogP contribution in [0, 0.1) is 5.92 Å². The summed E-state index contributed by atoms with van der Waals surface area (Å²) >= 11 is 0. The maximum atomic E-state index is 11.3. The Bertz CT molecular complexity index is 241. The van der Waals surface area contributed by atoms with E-state index in [1.807, 2.05) is 34.6 Å². The zero-order chi connectivity index (χ0) is 12.8. The molecule has 16 heavy (non-hydrogen) atoms. The summed E-state index contributed by atoms with van der Waals surface area (Å²) in [7, 11) is 0. The first-order valence-corrected chi connectivity index (χ1v) is 5.70. The predicted molar refractivity (Wildman–Crippen MR) is 63.3 cm³/mol. The Labute approximate surface area is 97.7 Å². The van der Waals surface area contributed by atoms with E-state index >= 15 is 0 Å². The van der Waals surface area contributed by atoms with E-state index in [0.29, 0.717) is 19.4 Å². The number of rotatable bonds is 5. The van der Waals surface area contributed by atoms with Gasteiger partial charge in [0, 0.05) is 17.9 Å². The van der Waals surface area contributed by atoms with Gasteiger partial charge in [-0.25, -0.2) is 4.79 Å². The molecule has 0 aliphatic heterocycles. The summed E-state index contributed by atoms with van der Waals surface area (Å²) in [6, 6.07) is 0. The average Bonchev–Trinajstić information content (AvgIpc) is 2.08. The van der Waals surface area contributed by atoms with E-state index in [1.54, 1.807) is 0 Å². The van der Waals surface area contributed by atoms with Gasteiger partial charge in [0.15, 0.2) is 0 Å². The number of carbonyl (C=O) groups excluding carboxylic acids is 2. The van der Waals surface area contributed by atoms with E-state index in [9.17, 15) is 9.59 Å². The minimum Gasteiger partial charge on any atom is -0.450 e. The summed E-state index contributed by atoms with van der Waals surface area (Å²) in [5.74, 6) is 0.267. The molecule has 4 heteroatoms. The molecule has 0 spiro atoms. The first-order valence-electron chi connectivity index (χ1n) is 5.70. The van der Waals surface area contributed by atoms with Gasteiger partial charge in [0.1, 0.15) is 5.78 Å². The maximum absolute atomic E-state index is 11.3. The van der Waals surface area contributed by atoms with Crippen LogP contribution >= 0.6 is 0 Å².